The summed E-state index contributed by atoms with van der Waals surface area (Å²) in [6, 6.07) is 9.29. The molecule has 7 nitrogen and oxygen atoms in total. The molecule has 1 aromatic rings. The Bertz CT molecular complexity index is 525. The van der Waals surface area contributed by atoms with Crippen molar-refractivity contribution in [2.75, 3.05) is 13.3 Å². The molecule has 0 saturated carbocycles. The molecule has 1 saturated heterocycles. The van der Waals surface area contributed by atoms with Gasteiger partial charge in [-0.05, 0) is 24.3 Å². The molecule has 0 aromatic heterocycles. The summed E-state index contributed by atoms with van der Waals surface area (Å²) >= 11 is 0. The molecule has 2 N–H and O–H groups in total. The van der Waals surface area contributed by atoms with Crippen LogP contribution in [0.2, 0.25) is 0 Å². The van der Waals surface area contributed by atoms with Gasteiger partial charge in [0.2, 0.25) is 0 Å². The molecule has 3 atom stereocenters. The Morgan fingerprint density at radius 1 is 1.50 bits per heavy atom. The number of aldehydes is 1. The minimum absolute atomic E-state index is 0.0917. The van der Waals surface area contributed by atoms with Gasteiger partial charge < -0.3 is 19.4 Å². The number of nitrogens with zero attached hydrogens (tertiary/aromatic N) is 1. The molecule has 3 unspecified atom stereocenters. The zero-order valence-electron chi connectivity index (χ0n) is 13.8. The number of rotatable bonds is 8. The molecule has 2 rings (SSSR count). The summed E-state index contributed by atoms with van der Waals surface area (Å²) in [5.74, 6) is 0.112. The normalized spacial score (nSPS) is 22.1. The lowest BCUT2D eigenvalue weighted by Crippen LogP contribution is -2.48. The van der Waals surface area contributed by atoms with E-state index in [1.54, 1.807) is 0 Å². The molecule has 0 spiro atoms. The Hall–Kier alpha value is -1.96. The average Bonchev–Trinajstić information content (AvgIpc) is 2.92. The first-order chi connectivity index (χ1) is 11.6. The maximum Gasteiger partial charge on any atom is 0.421 e. The SMILES string of the molecule is CC(CCC=O)COC(=O)NN1COC(O)C1Cc1ccccc1. The summed E-state index contributed by atoms with van der Waals surface area (Å²) in [7, 11) is 0. The third-order valence-electron chi connectivity index (χ3n) is 3.91. The van der Waals surface area contributed by atoms with Crippen LogP contribution in [0.15, 0.2) is 30.3 Å². The van der Waals surface area contributed by atoms with Crippen molar-refractivity contribution >= 4 is 12.4 Å². The molecule has 132 valence electrons. The Morgan fingerprint density at radius 2 is 2.25 bits per heavy atom. The zero-order chi connectivity index (χ0) is 17.4. The quantitative estimate of drug-likeness (QED) is 0.699. The van der Waals surface area contributed by atoms with Gasteiger partial charge in [-0.1, -0.05) is 37.3 Å². The van der Waals surface area contributed by atoms with Crippen molar-refractivity contribution in [2.24, 2.45) is 5.92 Å². The molecular formula is C17H24N2O5. The van der Waals surface area contributed by atoms with Crippen LogP contribution >= 0.6 is 0 Å². The van der Waals surface area contributed by atoms with Crippen LogP contribution in [0.5, 0.6) is 0 Å². The Morgan fingerprint density at radius 3 is 2.96 bits per heavy atom. The van der Waals surface area contributed by atoms with Gasteiger partial charge in [0.25, 0.3) is 0 Å². The van der Waals surface area contributed by atoms with E-state index in [4.69, 9.17) is 9.47 Å². The number of nitrogens with one attached hydrogen (secondary N) is 1. The molecule has 0 bridgehead atoms. The lowest BCUT2D eigenvalue weighted by molar-refractivity contribution is -0.108. The van der Waals surface area contributed by atoms with Gasteiger partial charge in [0.05, 0.1) is 12.6 Å². The molecule has 24 heavy (non-hydrogen) atoms. The van der Waals surface area contributed by atoms with E-state index in [1.165, 1.54) is 5.01 Å². The number of carbonyl (C=O) groups is 2. The smallest absolute Gasteiger partial charge is 0.421 e. The van der Waals surface area contributed by atoms with Crippen LogP contribution in [0.4, 0.5) is 4.79 Å². The number of carbonyl (C=O) groups excluding carboxylic acids is 2. The van der Waals surface area contributed by atoms with E-state index in [2.05, 4.69) is 5.43 Å². The van der Waals surface area contributed by atoms with Crippen molar-refractivity contribution < 1.29 is 24.2 Å². The van der Waals surface area contributed by atoms with Gasteiger partial charge in [-0.2, -0.15) is 5.01 Å². The van der Waals surface area contributed by atoms with E-state index < -0.39 is 12.4 Å². The van der Waals surface area contributed by atoms with E-state index in [0.29, 0.717) is 19.3 Å². The molecule has 0 radical (unpaired) electrons. The van der Waals surface area contributed by atoms with Crippen LogP contribution in [0.3, 0.4) is 0 Å². The van der Waals surface area contributed by atoms with Crippen molar-refractivity contribution in [3.8, 4) is 0 Å². The third-order valence-corrected chi connectivity index (χ3v) is 3.91. The minimum Gasteiger partial charge on any atom is -0.448 e. The van der Waals surface area contributed by atoms with E-state index in [9.17, 15) is 14.7 Å². The number of hydrazine groups is 1. The van der Waals surface area contributed by atoms with Crippen LogP contribution in [0, 0.1) is 5.92 Å². The molecule has 1 fully saturated rings. The first-order valence-corrected chi connectivity index (χ1v) is 8.07. The first-order valence-electron chi connectivity index (χ1n) is 8.07. The predicted octanol–water partition coefficient (Wildman–Crippen LogP) is 1.46. The number of benzene rings is 1. The maximum absolute atomic E-state index is 11.9. The maximum atomic E-state index is 11.9. The number of aliphatic hydroxyl groups is 1. The van der Waals surface area contributed by atoms with Gasteiger partial charge in [-0.3, -0.25) is 5.43 Å². The number of amides is 1. The van der Waals surface area contributed by atoms with Crippen molar-refractivity contribution in [3.63, 3.8) is 0 Å². The predicted molar refractivity (Wildman–Crippen MR) is 86.7 cm³/mol. The Balaban J connectivity index is 1.81. The molecule has 1 aliphatic heterocycles. The highest BCUT2D eigenvalue weighted by Gasteiger charge is 2.35. The van der Waals surface area contributed by atoms with E-state index >= 15 is 0 Å². The first kappa shape index (κ1) is 18.4. The van der Waals surface area contributed by atoms with Crippen LogP contribution < -0.4 is 5.43 Å². The summed E-state index contributed by atoms with van der Waals surface area (Å²) in [6.45, 7) is 2.24. The fourth-order valence-corrected chi connectivity index (χ4v) is 2.50. The highest BCUT2D eigenvalue weighted by Crippen LogP contribution is 2.18. The largest absolute Gasteiger partial charge is 0.448 e. The van der Waals surface area contributed by atoms with E-state index in [1.807, 2.05) is 37.3 Å². The van der Waals surface area contributed by atoms with Gasteiger partial charge in [0.15, 0.2) is 6.29 Å². The highest BCUT2D eigenvalue weighted by molar-refractivity contribution is 5.66. The van der Waals surface area contributed by atoms with Gasteiger partial charge in [0.1, 0.15) is 13.0 Å². The second kappa shape index (κ2) is 9.36. The minimum atomic E-state index is -0.975. The number of aliphatic hydroxyl groups excluding tert-OH is 1. The van der Waals surface area contributed by atoms with Gasteiger partial charge in [-0.25, -0.2) is 4.79 Å². The van der Waals surface area contributed by atoms with Crippen molar-refractivity contribution in [1.29, 1.82) is 0 Å². The monoisotopic (exact) mass is 336 g/mol. The third kappa shape index (κ3) is 5.59. The van der Waals surface area contributed by atoms with Crippen molar-refractivity contribution in [2.45, 2.75) is 38.5 Å². The second-order valence-electron chi connectivity index (χ2n) is 5.97. The van der Waals surface area contributed by atoms with Gasteiger partial charge in [0, 0.05) is 6.42 Å². The fourth-order valence-electron chi connectivity index (χ4n) is 2.50. The lowest BCUT2D eigenvalue weighted by Gasteiger charge is -2.24. The zero-order valence-corrected chi connectivity index (χ0v) is 13.8. The van der Waals surface area contributed by atoms with Crippen molar-refractivity contribution in [3.05, 3.63) is 35.9 Å². The van der Waals surface area contributed by atoms with Gasteiger partial charge >= 0.3 is 6.09 Å². The standard InChI is InChI=1S/C17H24N2O5/c1-13(6-5-9-20)11-23-17(22)18-19-12-24-16(21)15(19)10-14-7-3-2-4-8-14/h2-4,7-9,13,15-16,21H,5-6,10-12H2,1H3,(H,18,22). The summed E-state index contributed by atoms with van der Waals surface area (Å²) in [4.78, 5) is 22.2. The van der Waals surface area contributed by atoms with Crippen LogP contribution in [0.25, 0.3) is 0 Å². The highest BCUT2D eigenvalue weighted by atomic mass is 16.6. The Labute approximate surface area is 141 Å². The molecule has 7 heteroatoms. The summed E-state index contributed by atoms with van der Waals surface area (Å²) in [5, 5.41) is 11.5. The topological polar surface area (TPSA) is 88.1 Å². The molecule has 1 heterocycles. The lowest BCUT2D eigenvalue weighted by atomic mass is 10.1. The summed E-state index contributed by atoms with van der Waals surface area (Å²) in [5.41, 5.74) is 3.65. The molecule has 1 aromatic carbocycles. The average molecular weight is 336 g/mol. The van der Waals surface area contributed by atoms with Crippen molar-refractivity contribution in [1.82, 2.24) is 10.4 Å². The Kier molecular flexibility index (Phi) is 7.17. The number of hydrogen-bond donors (Lipinski definition) is 2. The molecule has 1 aliphatic rings. The second-order valence-corrected chi connectivity index (χ2v) is 5.97. The summed E-state index contributed by atoms with van der Waals surface area (Å²) < 4.78 is 10.4. The fraction of sp³-hybridized carbons (Fsp3) is 0.529. The molecule has 0 aliphatic carbocycles. The molecular weight excluding hydrogens is 312 g/mol. The summed E-state index contributed by atoms with van der Waals surface area (Å²) in [6.07, 6.45) is 0.961. The van der Waals surface area contributed by atoms with Gasteiger partial charge in [-0.15, -0.1) is 0 Å². The van der Waals surface area contributed by atoms with E-state index in [0.717, 1.165) is 11.8 Å². The van der Waals surface area contributed by atoms with Crippen LogP contribution in [-0.4, -0.2) is 48.2 Å². The van der Waals surface area contributed by atoms with Crippen LogP contribution in [0.1, 0.15) is 25.3 Å². The molecule has 1 amide bonds. The van der Waals surface area contributed by atoms with E-state index in [-0.39, 0.29) is 25.3 Å². The number of ether oxygens (including phenoxy) is 2. The number of hydrogen-bond acceptors (Lipinski definition) is 6. The van der Waals surface area contributed by atoms with Crippen LogP contribution in [-0.2, 0) is 20.7 Å².